The van der Waals surface area contributed by atoms with E-state index in [1.165, 1.54) is 0 Å². The summed E-state index contributed by atoms with van der Waals surface area (Å²) in [6.45, 7) is 3.00. The van der Waals surface area contributed by atoms with Crippen molar-refractivity contribution in [1.82, 2.24) is 4.98 Å². The van der Waals surface area contributed by atoms with Crippen LogP contribution in [0, 0.1) is 0 Å². The molecule has 4 nitrogen and oxygen atoms in total. The van der Waals surface area contributed by atoms with E-state index in [9.17, 15) is 0 Å². The van der Waals surface area contributed by atoms with Crippen molar-refractivity contribution in [3.63, 3.8) is 0 Å². The summed E-state index contributed by atoms with van der Waals surface area (Å²) in [6, 6.07) is 4.37. The molecule has 1 fully saturated rings. The molecule has 0 saturated carbocycles. The lowest BCUT2D eigenvalue weighted by atomic mass is 10.0. The number of anilines is 1. The second-order valence-electron chi connectivity index (χ2n) is 4.33. The van der Waals surface area contributed by atoms with E-state index in [1.54, 1.807) is 13.3 Å². The maximum Gasteiger partial charge on any atom is 0.237 e. The minimum absolute atomic E-state index is 0.379. The van der Waals surface area contributed by atoms with Gasteiger partial charge in [0.2, 0.25) is 5.88 Å². The highest BCUT2D eigenvalue weighted by Crippen LogP contribution is 2.25. The normalized spacial score (nSPS) is 24.4. The Hall–Kier alpha value is -1.29. The largest absolute Gasteiger partial charge is 0.480 e. The van der Waals surface area contributed by atoms with Gasteiger partial charge in [0.05, 0.1) is 18.9 Å². The monoisotopic (exact) mass is 236 g/mol. The van der Waals surface area contributed by atoms with Gasteiger partial charge in [-0.25, -0.2) is 4.98 Å². The lowest BCUT2D eigenvalue weighted by Gasteiger charge is -2.30. The first kappa shape index (κ1) is 12.2. The molecule has 0 amide bonds. The van der Waals surface area contributed by atoms with Crippen molar-refractivity contribution in [2.75, 3.05) is 19.0 Å². The van der Waals surface area contributed by atoms with Gasteiger partial charge in [0.1, 0.15) is 0 Å². The van der Waals surface area contributed by atoms with Crippen LogP contribution in [-0.2, 0) is 4.74 Å². The fourth-order valence-electron chi connectivity index (χ4n) is 2.18. The van der Waals surface area contributed by atoms with E-state index >= 15 is 0 Å². The van der Waals surface area contributed by atoms with E-state index in [1.807, 2.05) is 12.1 Å². The van der Waals surface area contributed by atoms with Crippen molar-refractivity contribution >= 4 is 5.69 Å². The van der Waals surface area contributed by atoms with Crippen molar-refractivity contribution in [2.45, 2.75) is 38.3 Å². The SMILES string of the molecule is CCC1CC(Nc2cccnc2OC)CCO1. The average molecular weight is 236 g/mol. The zero-order valence-electron chi connectivity index (χ0n) is 10.5. The molecule has 0 bridgehead atoms. The molecule has 1 aliphatic heterocycles. The van der Waals surface area contributed by atoms with Crippen LogP contribution in [0.25, 0.3) is 0 Å². The summed E-state index contributed by atoms with van der Waals surface area (Å²) >= 11 is 0. The molecule has 94 valence electrons. The van der Waals surface area contributed by atoms with Gasteiger partial charge in [-0.3, -0.25) is 0 Å². The molecular weight excluding hydrogens is 216 g/mol. The third-order valence-corrected chi connectivity index (χ3v) is 3.15. The molecule has 17 heavy (non-hydrogen) atoms. The van der Waals surface area contributed by atoms with Crippen LogP contribution in [0.1, 0.15) is 26.2 Å². The van der Waals surface area contributed by atoms with Gasteiger partial charge in [0.15, 0.2) is 0 Å². The van der Waals surface area contributed by atoms with E-state index in [4.69, 9.17) is 9.47 Å². The molecule has 0 radical (unpaired) electrons. The summed E-state index contributed by atoms with van der Waals surface area (Å²) in [4.78, 5) is 4.19. The second kappa shape index (κ2) is 5.87. The Morgan fingerprint density at radius 2 is 2.47 bits per heavy atom. The predicted molar refractivity (Wildman–Crippen MR) is 67.5 cm³/mol. The Labute approximate surface area is 102 Å². The number of hydrogen-bond acceptors (Lipinski definition) is 4. The van der Waals surface area contributed by atoms with E-state index < -0.39 is 0 Å². The first-order chi connectivity index (χ1) is 8.33. The highest BCUT2D eigenvalue weighted by molar-refractivity contribution is 5.52. The quantitative estimate of drug-likeness (QED) is 0.872. The molecule has 1 saturated heterocycles. The lowest BCUT2D eigenvalue weighted by Crippen LogP contribution is -2.33. The molecular formula is C13H20N2O2. The number of pyridine rings is 1. The van der Waals surface area contributed by atoms with Crippen LogP contribution in [0.2, 0.25) is 0 Å². The fraction of sp³-hybridized carbons (Fsp3) is 0.615. The molecule has 2 unspecified atom stereocenters. The van der Waals surface area contributed by atoms with Crippen LogP contribution in [0.3, 0.4) is 0 Å². The second-order valence-corrected chi connectivity index (χ2v) is 4.33. The van der Waals surface area contributed by atoms with Crippen LogP contribution in [-0.4, -0.2) is 30.8 Å². The van der Waals surface area contributed by atoms with Crippen molar-refractivity contribution in [1.29, 1.82) is 0 Å². The van der Waals surface area contributed by atoms with Gasteiger partial charge in [0, 0.05) is 18.8 Å². The number of nitrogens with zero attached hydrogens (tertiary/aromatic N) is 1. The Morgan fingerprint density at radius 3 is 3.24 bits per heavy atom. The molecule has 2 heterocycles. The number of rotatable bonds is 4. The molecule has 1 aromatic rings. The molecule has 0 aliphatic carbocycles. The van der Waals surface area contributed by atoms with Gasteiger partial charge in [0.25, 0.3) is 0 Å². The summed E-state index contributed by atoms with van der Waals surface area (Å²) in [5.41, 5.74) is 0.969. The van der Waals surface area contributed by atoms with Crippen molar-refractivity contribution in [2.24, 2.45) is 0 Å². The van der Waals surface area contributed by atoms with Crippen LogP contribution >= 0.6 is 0 Å². The summed E-state index contributed by atoms with van der Waals surface area (Å²) < 4.78 is 10.9. The Morgan fingerprint density at radius 1 is 1.59 bits per heavy atom. The van der Waals surface area contributed by atoms with Crippen molar-refractivity contribution < 1.29 is 9.47 Å². The molecule has 2 atom stereocenters. The molecule has 4 heteroatoms. The number of nitrogens with one attached hydrogen (secondary N) is 1. The summed E-state index contributed by atoms with van der Waals surface area (Å²) in [5.74, 6) is 0.659. The van der Waals surface area contributed by atoms with Crippen molar-refractivity contribution in [3.8, 4) is 5.88 Å². The standard InChI is InChI=1S/C13H20N2O2/c1-3-11-9-10(6-8-17-11)15-12-5-4-7-14-13(12)16-2/h4-5,7,10-11,15H,3,6,8-9H2,1-2H3. The van der Waals surface area contributed by atoms with Crippen LogP contribution in [0.15, 0.2) is 18.3 Å². The summed E-state index contributed by atoms with van der Waals surface area (Å²) in [7, 11) is 1.65. The number of ether oxygens (including phenoxy) is 2. The first-order valence-electron chi connectivity index (χ1n) is 6.20. The van der Waals surface area contributed by atoms with Crippen molar-refractivity contribution in [3.05, 3.63) is 18.3 Å². The number of methoxy groups -OCH3 is 1. The molecule has 1 aliphatic rings. The molecule has 1 N–H and O–H groups in total. The van der Waals surface area contributed by atoms with Gasteiger partial charge < -0.3 is 14.8 Å². The van der Waals surface area contributed by atoms with Gasteiger partial charge in [-0.15, -0.1) is 0 Å². The number of hydrogen-bond donors (Lipinski definition) is 1. The Balaban J connectivity index is 2.00. The maximum absolute atomic E-state index is 5.66. The van der Waals surface area contributed by atoms with Gasteiger partial charge in [-0.05, 0) is 31.4 Å². The first-order valence-corrected chi connectivity index (χ1v) is 6.20. The van der Waals surface area contributed by atoms with Crippen LogP contribution in [0.5, 0.6) is 5.88 Å². The predicted octanol–water partition coefficient (Wildman–Crippen LogP) is 2.46. The van der Waals surface area contributed by atoms with Crippen LogP contribution in [0.4, 0.5) is 5.69 Å². The highest BCUT2D eigenvalue weighted by Gasteiger charge is 2.21. The fourth-order valence-corrected chi connectivity index (χ4v) is 2.18. The molecule has 0 aromatic carbocycles. The Kier molecular flexibility index (Phi) is 4.20. The van der Waals surface area contributed by atoms with E-state index in [-0.39, 0.29) is 0 Å². The number of aromatic nitrogens is 1. The van der Waals surface area contributed by atoms with Gasteiger partial charge in [-0.1, -0.05) is 6.92 Å². The lowest BCUT2D eigenvalue weighted by molar-refractivity contribution is 0.00922. The third-order valence-electron chi connectivity index (χ3n) is 3.15. The highest BCUT2D eigenvalue weighted by atomic mass is 16.5. The van der Waals surface area contributed by atoms with Crippen LogP contribution < -0.4 is 10.1 Å². The smallest absolute Gasteiger partial charge is 0.237 e. The van der Waals surface area contributed by atoms with Gasteiger partial charge >= 0.3 is 0 Å². The summed E-state index contributed by atoms with van der Waals surface area (Å²) in [5, 5.41) is 3.50. The molecule has 1 aromatic heterocycles. The third kappa shape index (κ3) is 3.09. The van der Waals surface area contributed by atoms with E-state index in [0.717, 1.165) is 31.6 Å². The molecule has 0 spiro atoms. The molecule has 2 rings (SSSR count). The summed E-state index contributed by atoms with van der Waals surface area (Å²) in [6.07, 6.45) is 5.28. The zero-order chi connectivity index (χ0) is 12.1. The zero-order valence-corrected chi connectivity index (χ0v) is 10.5. The Bertz CT molecular complexity index is 357. The average Bonchev–Trinajstić information content (AvgIpc) is 2.39. The minimum Gasteiger partial charge on any atom is -0.480 e. The van der Waals surface area contributed by atoms with E-state index in [2.05, 4.69) is 17.2 Å². The topological polar surface area (TPSA) is 43.4 Å². The van der Waals surface area contributed by atoms with Gasteiger partial charge in [-0.2, -0.15) is 0 Å². The maximum atomic E-state index is 5.66. The van der Waals surface area contributed by atoms with E-state index in [0.29, 0.717) is 18.0 Å². The minimum atomic E-state index is 0.379.